The molecule has 120 valence electrons. The summed E-state index contributed by atoms with van der Waals surface area (Å²) in [5.74, 6) is -0.678. The number of anilines is 1. The van der Waals surface area contributed by atoms with Crippen molar-refractivity contribution in [2.24, 2.45) is 0 Å². The summed E-state index contributed by atoms with van der Waals surface area (Å²) in [5.41, 5.74) is 4.51. The van der Waals surface area contributed by atoms with Gasteiger partial charge in [0.2, 0.25) is 0 Å². The average molecular weight is 311 g/mol. The van der Waals surface area contributed by atoms with E-state index in [0.29, 0.717) is 16.8 Å². The number of rotatable bonds is 4. The Hall–Kier alpha value is -2.62. The smallest absolute Gasteiger partial charge is 0.340 e. The minimum Gasteiger partial charge on any atom is -0.462 e. The van der Waals surface area contributed by atoms with Crippen molar-refractivity contribution in [3.63, 3.8) is 0 Å². The molecule has 1 amide bonds. The maximum absolute atomic E-state index is 12.6. The summed E-state index contributed by atoms with van der Waals surface area (Å²) in [7, 11) is 0. The molecular formula is C19H21NO3. The summed E-state index contributed by atoms with van der Waals surface area (Å²) in [6.07, 6.45) is 0. The summed E-state index contributed by atoms with van der Waals surface area (Å²) in [6, 6.07) is 10.7. The van der Waals surface area contributed by atoms with Crippen molar-refractivity contribution in [3.05, 3.63) is 64.2 Å². The highest BCUT2D eigenvalue weighted by molar-refractivity contribution is 6.08. The van der Waals surface area contributed by atoms with Crippen molar-refractivity contribution in [2.75, 3.05) is 11.9 Å². The van der Waals surface area contributed by atoms with Crippen LogP contribution in [-0.2, 0) is 4.74 Å². The third-order valence-electron chi connectivity index (χ3n) is 3.76. The van der Waals surface area contributed by atoms with Crippen LogP contribution in [0.15, 0.2) is 36.4 Å². The summed E-state index contributed by atoms with van der Waals surface area (Å²) in [5, 5.41) is 2.81. The van der Waals surface area contributed by atoms with Gasteiger partial charge in [-0.05, 0) is 62.6 Å². The first-order valence-corrected chi connectivity index (χ1v) is 7.59. The lowest BCUT2D eigenvalue weighted by atomic mass is 10.00. The second-order valence-corrected chi connectivity index (χ2v) is 5.47. The quantitative estimate of drug-likeness (QED) is 0.867. The number of ether oxygens (including phenoxy) is 1. The number of nitrogens with one attached hydrogen (secondary N) is 1. The Morgan fingerprint density at radius 3 is 2.30 bits per heavy atom. The molecule has 0 aliphatic rings. The van der Waals surface area contributed by atoms with Crippen LogP contribution in [0.25, 0.3) is 0 Å². The van der Waals surface area contributed by atoms with E-state index in [1.165, 1.54) is 0 Å². The molecule has 0 heterocycles. The van der Waals surface area contributed by atoms with E-state index >= 15 is 0 Å². The molecule has 0 aliphatic heterocycles. The Morgan fingerprint density at radius 1 is 0.957 bits per heavy atom. The highest BCUT2D eigenvalue weighted by Gasteiger charge is 2.16. The van der Waals surface area contributed by atoms with Crippen molar-refractivity contribution < 1.29 is 14.3 Å². The van der Waals surface area contributed by atoms with E-state index in [2.05, 4.69) is 5.32 Å². The van der Waals surface area contributed by atoms with Crippen LogP contribution in [0.5, 0.6) is 0 Å². The van der Waals surface area contributed by atoms with E-state index in [-0.39, 0.29) is 12.5 Å². The third-order valence-corrected chi connectivity index (χ3v) is 3.76. The van der Waals surface area contributed by atoms with E-state index in [4.69, 9.17) is 4.74 Å². The molecule has 2 aromatic rings. The van der Waals surface area contributed by atoms with Crippen LogP contribution in [0.3, 0.4) is 0 Å². The molecule has 0 bridgehead atoms. The van der Waals surface area contributed by atoms with Crippen LogP contribution in [-0.4, -0.2) is 18.5 Å². The number of carbonyl (C=O) groups excluding carboxylic acids is 2. The van der Waals surface area contributed by atoms with Crippen molar-refractivity contribution in [3.8, 4) is 0 Å². The van der Waals surface area contributed by atoms with Crippen molar-refractivity contribution in [1.29, 1.82) is 0 Å². The fourth-order valence-electron chi connectivity index (χ4n) is 2.37. The molecule has 2 aromatic carbocycles. The second-order valence-electron chi connectivity index (χ2n) is 5.47. The minimum atomic E-state index is -0.444. The molecule has 0 atom stereocenters. The summed E-state index contributed by atoms with van der Waals surface area (Å²) in [4.78, 5) is 24.5. The number of esters is 1. The number of aryl methyl sites for hydroxylation is 3. The Labute approximate surface area is 136 Å². The van der Waals surface area contributed by atoms with E-state index < -0.39 is 5.97 Å². The topological polar surface area (TPSA) is 55.4 Å². The third kappa shape index (κ3) is 3.77. The van der Waals surface area contributed by atoms with Crippen molar-refractivity contribution in [1.82, 2.24) is 0 Å². The Bertz CT molecular complexity index is 750. The highest BCUT2D eigenvalue weighted by atomic mass is 16.5. The van der Waals surface area contributed by atoms with Gasteiger partial charge in [0.25, 0.3) is 5.91 Å². The first kappa shape index (κ1) is 16.7. The van der Waals surface area contributed by atoms with Crippen LogP contribution >= 0.6 is 0 Å². The standard InChI is InChI=1S/C19H21NO3/c1-5-23-19(22)15-8-6-7-9-17(15)20-18(21)16-11-13(3)12(2)10-14(16)4/h6-11H,5H2,1-4H3,(H,20,21). The molecule has 0 radical (unpaired) electrons. The van der Waals surface area contributed by atoms with Gasteiger partial charge >= 0.3 is 5.97 Å². The van der Waals surface area contributed by atoms with Crippen molar-refractivity contribution >= 4 is 17.6 Å². The van der Waals surface area contributed by atoms with Gasteiger partial charge in [0.1, 0.15) is 0 Å². The zero-order valence-corrected chi connectivity index (χ0v) is 13.9. The van der Waals surface area contributed by atoms with Gasteiger partial charge in [0.05, 0.1) is 17.9 Å². The van der Waals surface area contributed by atoms with E-state index in [9.17, 15) is 9.59 Å². The van der Waals surface area contributed by atoms with Crippen LogP contribution in [0.1, 0.15) is 44.3 Å². The molecular weight excluding hydrogens is 290 g/mol. The molecule has 0 unspecified atom stereocenters. The first-order chi connectivity index (χ1) is 10.9. The SMILES string of the molecule is CCOC(=O)c1ccccc1NC(=O)c1cc(C)c(C)cc1C. The Morgan fingerprint density at radius 2 is 1.61 bits per heavy atom. The lowest BCUT2D eigenvalue weighted by Gasteiger charge is -2.13. The number of benzene rings is 2. The van der Waals surface area contributed by atoms with Crippen LogP contribution < -0.4 is 5.32 Å². The highest BCUT2D eigenvalue weighted by Crippen LogP contribution is 2.20. The molecule has 0 aromatic heterocycles. The lowest BCUT2D eigenvalue weighted by Crippen LogP contribution is -2.17. The van der Waals surface area contributed by atoms with Crippen LogP contribution in [0.2, 0.25) is 0 Å². The van der Waals surface area contributed by atoms with Gasteiger partial charge in [-0.3, -0.25) is 4.79 Å². The normalized spacial score (nSPS) is 10.3. The maximum atomic E-state index is 12.6. The lowest BCUT2D eigenvalue weighted by molar-refractivity contribution is 0.0527. The molecule has 0 saturated carbocycles. The molecule has 0 spiro atoms. The zero-order chi connectivity index (χ0) is 17.0. The van der Waals surface area contributed by atoms with Gasteiger partial charge in [-0.15, -0.1) is 0 Å². The van der Waals surface area contributed by atoms with E-state index in [0.717, 1.165) is 16.7 Å². The summed E-state index contributed by atoms with van der Waals surface area (Å²) >= 11 is 0. The molecule has 23 heavy (non-hydrogen) atoms. The number of amides is 1. The molecule has 0 aliphatic carbocycles. The van der Waals surface area contributed by atoms with Crippen LogP contribution in [0, 0.1) is 20.8 Å². The zero-order valence-electron chi connectivity index (χ0n) is 13.9. The summed E-state index contributed by atoms with van der Waals surface area (Å²) < 4.78 is 5.02. The van der Waals surface area contributed by atoms with Crippen molar-refractivity contribution in [2.45, 2.75) is 27.7 Å². The predicted octanol–water partition coefficient (Wildman–Crippen LogP) is 4.04. The fraction of sp³-hybridized carbons (Fsp3) is 0.263. The average Bonchev–Trinajstić information content (AvgIpc) is 2.51. The van der Waals surface area contributed by atoms with Gasteiger partial charge in [-0.25, -0.2) is 4.79 Å². The molecule has 0 fully saturated rings. The molecule has 0 saturated heterocycles. The number of carbonyl (C=O) groups is 2. The predicted molar refractivity (Wildman–Crippen MR) is 91.0 cm³/mol. The monoisotopic (exact) mass is 311 g/mol. The number of hydrogen-bond acceptors (Lipinski definition) is 3. The molecule has 1 N–H and O–H groups in total. The second kappa shape index (κ2) is 7.09. The Kier molecular flexibility index (Phi) is 5.16. The van der Waals surface area contributed by atoms with Crippen LogP contribution in [0.4, 0.5) is 5.69 Å². The fourth-order valence-corrected chi connectivity index (χ4v) is 2.37. The number of para-hydroxylation sites is 1. The molecule has 2 rings (SSSR count). The maximum Gasteiger partial charge on any atom is 0.340 e. The summed E-state index contributed by atoms with van der Waals surface area (Å²) in [6.45, 7) is 7.92. The van der Waals surface area contributed by atoms with E-state index in [1.807, 2.05) is 32.9 Å². The largest absolute Gasteiger partial charge is 0.462 e. The first-order valence-electron chi connectivity index (χ1n) is 7.59. The van der Waals surface area contributed by atoms with Gasteiger partial charge in [-0.2, -0.15) is 0 Å². The van der Waals surface area contributed by atoms with Gasteiger partial charge < -0.3 is 10.1 Å². The van der Waals surface area contributed by atoms with E-state index in [1.54, 1.807) is 31.2 Å². The van der Waals surface area contributed by atoms with Gasteiger partial charge in [-0.1, -0.05) is 18.2 Å². The molecule has 4 nitrogen and oxygen atoms in total. The van der Waals surface area contributed by atoms with Gasteiger partial charge in [0.15, 0.2) is 0 Å². The molecule has 4 heteroatoms. The number of hydrogen-bond donors (Lipinski definition) is 1. The minimum absolute atomic E-state index is 0.234. The van der Waals surface area contributed by atoms with Gasteiger partial charge in [0, 0.05) is 5.56 Å². The Balaban J connectivity index is 2.31.